The topological polar surface area (TPSA) is 0 Å². The summed E-state index contributed by atoms with van der Waals surface area (Å²) < 4.78 is 0. The van der Waals surface area contributed by atoms with Crippen LogP contribution in [0.2, 0.25) is 0 Å². The van der Waals surface area contributed by atoms with Gasteiger partial charge in [-0.1, -0.05) is 0 Å². The zero-order valence-electron chi connectivity index (χ0n) is 5.31. The quantitative estimate of drug-likeness (QED) is 0.460. The van der Waals surface area contributed by atoms with E-state index < -0.39 is 0 Å². The lowest BCUT2D eigenvalue weighted by Crippen LogP contribution is -1.68. The van der Waals surface area contributed by atoms with Gasteiger partial charge in [0.15, 0.2) is 15.6 Å². The number of rotatable bonds is 1. The van der Waals surface area contributed by atoms with Crippen LogP contribution in [0.5, 0.6) is 0 Å². The van der Waals surface area contributed by atoms with Gasteiger partial charge in [0.2, 0.25) is 0 Å². The minimum atomic E-state index is 0.866. The van der Waals surface area contributed by atoms with Crippen LogP contribution >= 0.6 is 22.0 Å². The molecule has 0 amide bonds. The van der Waals surface area contributed by atoms with Crippen molar-refractivity contribution >= 4 is 33.0 Å². The first-order valence-corrected chi connectivity index (χ1v) is 5.24. The van der Waals surface area contributed by atoms with E-state index in [1.807, 2.05) is 0 Å². The van der Waals surface area contributed by atoms with Crippen molar-refractivity contribution in [1.82, 2.24) is 0 Å². The molecule has 0 aliphatic carbocycles. The summed E-state index contributed by atoms with van der Waals surface area (Å²) >= 11 is 1.80. The molecule has 50 valence electrons. The summed E-state index contributed by atoms with van der Waals surface area (Å²) in [4.78, 5) is 3.93. The minimum Gasteiger partial charge on any atom is -0.141 e. The highest BCUT2D eigenvalue weighted by Gasteiger charge is 2.07. The van der Waals surface area contributed by atoms with Crippen molar-refractivity contribution in [2.75, 3.05) is 0 Å². The summed E-state index contributed by atoms with van der Waals surface area (Å²) in [6, 6.07) is 2.13. The van der Waals surface area contributed by atoms with Crippen molar-refractivity contribution in [3.63, 3.8) is 0 Å². The molecule has 0 radical (unpaired) electrons. The standard InChI is InChI=1S/C6H7ClS2/c1-4-3-6(9-7)5(2)8-4/h3H,1-2H3/p+1. The maximum Gasteiger partial charge on any atom is 0.186 e. The van der Waals surface area contributed by atoms with Crippen LogP contribution < -0.4 is 0 Å². The molecule has 0 unspecified atom stereocenters. The smallest absolute Gasteiger partial charge is 0.141 e. The molecule has 0 aliphatic heterocycles. The number of aryl methyl sites for hydroxylation is 2. The largest absolute Gasteiger partial charge is 0.186 e. The van der Waals surface area contributed by atoms with Crippen LogP contribution in [0.3, 0.4) is 0 Å². The van der Waals surface area contributed by atoms with Crippen LogP contribution in [-0.4, -0.2) is 0 Å². The normalized spacial score (nSPS) is 10.1. The number of hydrogen-bond donors (Lipinski definition) is 0. The van der Waals surface area contributed by atoms with E-state index in [4.69, 9.17) is 10.7 Å². The lowest BCUT2D eigenvalue weighted by Gasteiger charge is -1.75. The van der Waals surface area contributed by atoms with E-state index in [9.17, 15) is 0 Å². The van der Waals surface area contributed by atoms with E-state index in [0.29, 0.717) is 0 Å². The molecule has 0 nitrogen and oxygen atoms in total. The molecule has 1 aromatic rings. The van der Waals surface area contributed by atoms with Gasteiger partial charge < -0.3 is 0 Å². The first-order chi connectivity index (χ1) is 4.24. The molecule has 1 aromatic heterocycles. The molecule has 0 saturated carbocycles. The van der Waals surface area contributed by atoms with E-state index in [1.165, 1.54) is 14.6 Å². The molecule has 1 heterocycles. The van der Waals surface area contributed by atoms with Crippen molar-refractivity contribution in [3.05, 3.63) is 15.8 Å². The SMILES string of the molecule is Cc1cc([SH+]Cl)c(C)s1. The maximum atomic E-state index is 5.62. The lowest BCUT2D eigenvalue weighted by molar-refractivity contribution is 1.41. The predicted octanol–water partition coefficient (Wildman–Crippen LogP) is 2.69. The van der Waals surface area contributed by atoms with Gasteiger partial charge in [0.25, 0.3) is 0 Å². The van der Waals surface area contributed by atoms with E-state index in [0.717, 1.165) is 11.0 Å². The Morgan fingerprint density at radius 1 is 1.56 bits per heavy atom. The van der Waals surface area contributed by atoms with Gasteiger partial charge in [0.05, 0.1) is 4.88 Å². The van der Waals surface area contributed by atoms with Crippen molar-refractivity contribution < 1.29 is 0 Å². The Hall–Kier alpha value is 0.340. The molecule has 0 atom stereocenters. The van der Waals surface area contributed by atoms with Crippen molar-refractivity contribution in [3.8, 4) is 0 Å². The fourth-order valence-corrected chi connectivity index (χ4v) is 2.92. The number of thiophene rings is 1. The zero-order valence-corrected chi connectivity index (χ0v) is 7.78. The number of halogens is 1. The van der Waals surface area contributed by atoms with Crippen LogP contribution in [0, 0.1) is 13.8 Å². The molecule has 0 bridgehead atoms. The first-order valence-electron chi connectivity index (χ1n) is 2.63. The Morgan fingerprint density at radius 3 is 2.44 bits per heavy atom. The third kappa shape index (κ3) is 1.63. The third-order valence-electron chi connectivity index (χ3n) is 1.11. The molecule has 1 rings (SSSR count). The molecular weight excluding hydrogens is 172 g/mol. The van der Waals surface area contributed by atoms with Crippen LogP contribution in [0.25, 0.3) is 0 Å². The van der Waals surface area contributed by atoms with Gasteiger partial charge in [-0.25, -0.2) is 0 Å². The highest BCUT2D eigenvalue weighted by molar-refractivity contribution is 8.03. The van der Waals surface area contributed by atoms with Gasteiger partial charge in [-0.3, -0.25) is 0 Å². The molecule has 0 fully saturated rings. The molecule has 9 heavy (non-hydrogen) atoms. The van der Waals surface area contributed by atoms with Crippen LogP contribution in [0.15, 0.2) is 11.0 Å². The predicted molar refractivity (Wildman–Crippen MR) is 46.7 cm³/mol. The van der Waals surface area contributed by atoms with Crippen LogP contribution in [0.4, 0.5) is 0 Å². The molecule has 0 saturated heterocycles. The second kappa shape index (κ2) is 2.95. The van der Waals surface area contributed by atoms with E-state index in [2.05, 4.69) is 19.9 Å². The molecule has 0 spiro atoms. The highest BCUT2D eigenvalue weighted by atomic mass is 35.7. The number of thiol groups is 1. The summed E-state index contributed by atoms with van der Waals surface area (Å²) in [6.45, 7) is 4.20. The van der Waals surface area contributed by atoms with E-state index in [-0.39, 0.29) is 0 Å². The van der Waals surface area contributed by atoms with Gasteiger partial charge in [0, 0.05) is 10.9 Å². The summed E-state index contributed by atoms with van der Waals surface area (Å²) in [5.74, 6) is 0. The van der Waals surface area contributed by atoms with Gasteiger partial charge in [-0.15, -0.1) is 11.3 Å². The van der Waals surface area contributed by atoms with E-state index >= 15 is 0 Å². The Kier molecular flexibility index (Phi) is 2.44. The molecule has 0 aromatic carbocycles. The Balaban J connectivity index is 3.01. The summed E-state index contributed by atoms with van der Waals surface area (Å²) in [7, 11) is 6.49. The molecule has 3 heteroatoms. The average Bonchev–Trinajstić information content (AvgIpc) is 2.10. The zero-order chi connectivity index (χ0) is 6.85. The van der Waals surface area contributed by atoms with Crippen LogP contribution in [0.1, 0.15) is 9.75 Å². The average molecular weight is 180 g/mol. The van der Waals surface area contributed by atoms with E-state index in [1.54, 1.807) is 11.3 Å². The second-order valence-corrected chi connectivity index (χ2v) is 4.50. The van der Waals surface area contributed by atoms with Crippen LogP contribution in [-0.2, 0) is 11.0 Å². The van der Waals surface area contributed by atoms with Gasteiger partial charge in [-0.05, 0) is 13.8 Å². The Bertz CT molecular complexity index is 205. The Morgan fingerprint density at radius 2 is 2.22 bits per heavy atom. The van der Waals surface area contributed by atoms with Gasteiger partial charge >= 0.3 is 0 Å². The van der Waals surface area contributed by atoms with Gasteiger partial charge in [0.1, 0.15) is 11.0 Å². The monoisotopic (exact) mass is 179 g/mol. The maximum absolute atomic E-state index is 5.62. The first kappa shape index (κ1) is 7.45. The van der Waals surface area contributed by atoms with Crippen molar-refractivity contribution in [2.24, 2.45) is 0 Å². The number of hydrogen-bond acceptors (Lipinski definition) is 1. The highest BCUT2D eigenvalue weighted by Crippen LogP contribution is 2.22. The Labute approximate surface area is 67.7 Å². The van der Waals surface area contributed by atoms with Crippen molar-refractivity contribution in [2.45, 2.75) is 18.7 Å². The summed E-state index contributed by atoms with van der Waals surface area (Å²) in [6.07, 6.45) is 0. The second-order valence-electron chi connectivity index (χ2n) is 1.88. The minimum absolute atomic E-state index is 0.866. The molecule has 0 aliphatic rings. The molecule has 0 N–H and O–H groups in total. The third-order valence-corrected chi connectivity index (χ3v) is 3.42. The lowest BCUT2D eigenvalue weighted by atomic mass is 10.4. The fourth-order valence-electron chi connectivity index (χ4n) is 0.701. The summed E-state index contributed by atoms with van der Waals surface area (Å²) in [5.41, 5.74) is 0. The summed E-state index contributed by atoms with van der Waals surface area (Å²) in [5, 5.41) is 0. The van der Waals surface area contributed by atoms with Crippen molar-refractivity contribution in [1.29, 1.82) is 0 Å². The van der Waals surface area contributed by atoms with Gasteiger partial charge in [-0.2, -0.15) is 0 Å². The fraction of sp³-hybridized carbons (Fsp3) is 0.333. The molecular formula is C6H8ClS2+.